The number of hydrogen-bond acceptors (Lipinski definition) is 5. The number of thiocarbonyl (C=S) groups is 1. The predicted molar refractivity (Wildman–Crippen MR) is 125 cm³/mol. The van der Waals surface area contributed by atoms with Crippen LogP contribution in [0.3, 0.4) is 0 Å². The van der Waals surface area contributed by atoms with Gasteiger partial charge in [-0.25, -0.2) is 4.79 Å². The molecule has 0 saturated carbocycles. The second-order valence-corrected chi connectivity index (χ2v) is 7.13. The van der Waals surface area contributed by atoms with Gasteiger partial charge in [-0.1, -0.05) is 11.6 Å². The summed E-state index contributed by atoms with van der Waals surface area (Å²) in [7, 11) is 0. The molecule has 0 atom stereocenters. The summed E-state index contributed by atoms with van der Waals surface area (Å²) in [6, 6.07) is 17.4. The summed E-state index contributed by atoms with van der Waals surface area (Å²) < 4.78 is 10.6. The number of ether oxygens (including phenoxy) is 1. The smallest absolute Gasteiger partial charge is 0.338 e. The standard InChI is InChI=1S/C23H19ClN2O4S/c1-2-29-22(28)16-5-9-18(10-6-16)25-23(31)26-21(27)14-12-19-11-13-20(30-19)15-3-7-17(24)8-4-15/h3-14H,2H2,1H3,(H2,25,26,27,31). The molecule has 8 heteroatoms. The maximum atomic E-state index is 12.1. The highest BCUT2D eigenvalue weighted by Gasteiger charge is 2.07. The van der Waals surface area contributed by atoms with Crippen LogP contribution in [-0.4, -0.2) is 23.6 Å². The molecule has 0 aliphatic rings. The lowest BCUT2D eigenvalue weighted by molar-refractivity contribution is -0.115. The highest BCUT2D eigenvalue weighted by Crippen LogP contribution is 2.24. The Morgan fingerprint density at radius 1 is 1.06 bits per heavy atom. The summed E-state index contributed by atoms with van der Waals surface area (Å²) in [6.45, 7) is 2.05. The maximum absolute atomic E-state index is 12.1. The summed E-state index contributed by atoms with van der Waals surface area (Å²) in [6.07, 6.45) is 2.87. The van der Waals surface area contributed by atoms with Gasteiger partial charge in [-0.15, -0.1) is 0 Å². The fourth-order valence-corrected chi connectivity index (χ4v) is 2.93. The first-order valence-corrected chi connectivity index (χ1v) is 10.2. The van der Waals surface area contributed by atoms with E-state index in [4.69, 9.17) is 33.0 Å². The highest BCUT2D eigenvalue weighted by molar-refractivity contribution is 7.80. The summed E-state index contributed by atoms with van der Waals surface area (Å²) in [5.74, 6) is 0.381. The van der Waals surface area contributed by atoms with Crippen molar-refractivity contribution in [1.82, 2.24) is 5.32 Å². The minimum atomic E-state index is -0.412. The van der Waals surface area contributed by atoms with Gasteiger partial charge in [-0.3, -0.25) is 10.1 Å². The first-order chi connectivity index (χ1) is 14.9. The highest BCUT2D eigenvalue weighted by atomic mass is 35.5. The van der Waals surface area contributed by atoms with Crippen LogP contribution in [0.2, 0.25) is 5.02 Å². The Bertz CT molecular complexity index is 1110. The zero-order valence-electron chi connectivity index (χ0n) is 16.6. The van der Waals surface area contributed by atoms with E-state index in [1.165, 1.54) is 6.08 Å². The topological polar surface area (TPSA) is 80.6 Å². The Kier molecular flexibility index (Phi) is 7.59. The van der Waals surface area contributed by atoms with Gasteiger partial charge in [0.25, 0.3) is 0 Å². The number of anilines is 1. The average molecular weight is 455 g/mol. The average Bonchev–Trinajstić information content (AvgIpc) is 3.22. The molecule has 2 N–H and O–H groups in total. The molecule has 0 bridgehead atoms. The molecule has 2 aromatic carbocycles. The molecule has 158 valence electrons. The molecule has 1 aromatic heterocycles. The van der Waals surface area contributed by atoms with Crippen molar-refractivity contribution in [1.29, 1.82) is 0 Å². The maximum Gasteiger partial charge on any atom is 0.338 e. The quantitative estimate of drug-likeness (QED) is 0.299. The van der Waals surface area contributed by atoms with Gasteiger partial charge >= 0.3 is 5.97 Å². The number of halogens is 1. The minimum absolute atomic E-state index is 0.125. The van der Waals surface area contributed by atoms with E-state index < -0.39 is 11.9 Å². The van der Waals surface area contributed by atoms with Crippen molar-refractivity contribution in [2.24, 2.45) is 0 Å². The van der Waals surface area contributed by atoms with Crippen LogP contribution < -0.4 is 10.6 Å². The summed E-state index contributed by atoms with van der Waals surface area (Å²) in [5.41, 5.74) is 1.94. The van der Waals surface area contributed by atoms with Gasteiger partial charge in [0.1, 0.15) is 11.5 Å². The van der Waals surface area contributed by atoms with E-state index in [0.29, 0.717) is 34.4 Å². The van der Waals surface area contributed by atoms with Crippen LogP contribution in [0.15, 0.2) is 71.2 Å². The molecule has 6 nitrogen and oxygen atoms in total. The van der Waals surface area contributed by atoms with Gasteiger partial charge in [0.2, 0.25) is 5.91 Å². The molecule has 0 radical (unpaired) electrons. The molecule has 3 rings (SSSR count). The van der Waals surface area contributed by atoms with Crippen molar-refractivity contribution in [3.63, 3.8) is 0 Å². The number of furan rings is 1. The van der Waals surface area contributed by atoms with Crippen LogP contribution in [0.25, 0.3) is 17.4 Å². The summed E-state index contributed by atoms with van der Waals surface area (Å²) >= 11 is 11.0. The van der Waals surface area contributed by atoms with Gasteiger partial charge in [0.05, 0.1) is 12.2 Å². The van der Waals surface area contributed by atoms with Crippen molar-refractivity contribution in [2.45, 2.75) is 6.92 Å². The van der Waals surface area contributed by atoms with Crippen LogP contribution in [0, 0.1) is 0 Å². The van der Waals surface area contributed by atoms with Crippen molar-refractivity contribution in [2.75, 3.05) is 11.9 Å². The van der Waals surface area contributed by atoms with Crippen molar-refractivity contribution in [3.8, 4) is 11.3 Å². The molecule has 3 aromatic rings. The number of amides is 1. The van der Waals surface area contributed by atoms with Gasteiger partial charge < -0.3 is 14.5 Å². The molecular formula is C23H19ClN2O4S. The monoisotopic (exact) mass is 454 g/mol. The van der Waals surface area contributed by atoms with Gasteiger partial charge in [0, 0.05) is 22.3 Å². The zero-order chi connectivity index (χ0) is 22.2. The van der Waals surface area contributed by atoms with Crippen molar-refractivity contribution < 1.29 is 18.7 Å². The number of carbonyl (C=O) groups excluding carboxylic acids is 2. The van der Waals surface area contributed by atoms with Crippen molar-refractivity contribution >= 4 is 52.6 Å². The Hall–Kier alpha value is -3.42. The third kappa shape index (κ3) is 6.53. The molecule has 31 heavy (non-hydrogen) atoms. The van der Waals surface area contributed by atoms with E-state index in [9.17, 15) is 9.59 Å². The van der Waals surface area contributed by atoms with Crippen LogP contribution >= 0.6 is 23.8 Å². The molecule has 0 spiro atoms. The second-order valence-electron chi connectivity index (χ2n) is 6.28. The lowest BCUT2D eigenvalue weighted by Crippen LogP contribution is -2.32. The van der Waals surface area contributed by atoms with Gasteiger partial charge in [-0.2, -0.15) is 0 Å². The molecule has 0 unspecified atom stereocenters. The van der Waals surface area contributed by atoms with E-state index in [-0.39, 0.29) is 5.11 Å². The van der Waals surface area contributed by atoms with E-state index >= 15 is 0 Å². The molecule has 0 saturated heterocycles. The van der Waals surface area contributed by atoms with Gasteiger partial charge in [0.15, 0.2) is 5.11 Å². The van der Waals surface area contributed by atoms with Crippen LogP contribution in [-0.2, 0) is 9.53 Å². The first-order valence-electron chi connectivity index (χ1n) is 9.37. The van der Waals surface area contributed by atoms with Gasteiger partial charge in [-0.05, 0) is 85.9 Å². The normalized spacial score (nSPS) is 10.6. The number of rotatable bonds is 6. The minimum Gasteiger partial charge on any atom is -0.462 e. The fraction of sp³-hybridized carbons (Fsp3) is 0.0870. The third-order valence-electron chi connectivity index (χ3n) is 4.05. The zero-order valence-corrected chi connectivity index (χ0v) is 18.1. The van der Waals surface area contributed by atoms with Crippen molar-refractivity contribution in [3.05, 3.63) is 83.1 Å². The summed E-state index contributed by atoms with van der Waals surface area (Å²) in [5, 5.41) is 6.20. The molecule has 1 heterocycles. The third-order valence-corrected chi connectivity index (χ3v) is 4.50. The SMILES string of the molecule is CCOC(=O)c1ccc(NC(=S)NC(=O)C=Cc2ccc(-c3ccc(Cl)cc3)o2)cc1. The molecule has 0 aliphatic carbocycles. The van der Waals surface area contributed by atoms with Crippen LogP contribution in [0.1, 0.15) is 23.0 Å². The van der Waals surface area contributed by atoms with E-state index in [1.807, 2.05) is 18.2 Å². The lowest BCUT2D eigenvalue weighted by atomic mass is 10.2. The van der Waals surface area contributed by atoms with E-state index in [1.54, 1.807) is 55.5 Å². The molecular weight excluding hydrogens is 436 g/mol. The number of benzene rings is 2. The number of carbonyl (C=O) groups is 2. The fourth-order valence-electron chi connectivity index (χ4n) is 2.59. The number of esters is 1. The van der Waals surface area contributed by atoms with E-state index in [2.05, 4.69) is 10.6 Å². The largest absolute Gasteiger partial charge is 0.462 e. The Labute approximate surface area is 189 Å². The number of hydrogen-bond donors (Lipinski definition) is 2. The molecule has 0 fully saturated rings. The van der Waals surface area contributed by atoms with E-state index in [0.717, 1.165) is 5.56 Å². The number of nitrogens with one attached hydrogen (secondary N) is 2. The Morgan fingerprint density at radius 2 is 1.77 bits per heavy atom. The Balaban J connectivity index is 1.52. The predicted octanol–water partition coefficient (Wildman–Crippen LogP) is 5.30. The second kappa shape index (κ2) is 10.6. The first kappa shape index (κ1) is 22.3. The van der Waals surface area contributed by atoms with Crippen LogP contribution in [0.5, 0.6) is 0 Å². The Morgan fingerprint density at radius 3 is 2.45 bits per heavy atom. The molecule has 0 aliphatic heterocycles. The molecule has 1 amide bonds. The van der Waals surface area contributed by atoms with Crippen LogP contribution in [0.4, 0.5) is 5.69 Å². The lowest BCUT2D eigenvalue weighted by Gasteiger charge is -2.08. The summed E-state index contributed by atoms with van der Waals surface area (Å²) in [4.78, 5) is 23.8.